The molecule has 0 spiro atoms. The molecular weight excluding hydrogens is 344 g/mol. The SMILES string of the molecule is CCC(C)n1c(=O)[nH]c(Cl)c(-c2ccc(Br)cc2)c1=O. The second-order valence-electron chi connectivity index (χ2n) is 4.56. The van der Waals surface area contributed by atoms with Crippen molar-refractivity contribution in [3.63, 3.8) is 0 Å². The van der Waals surface area contributed by atoms with E-state index in [9.17, 15) is 9.59 Å². The Morgan fingerprint density at radius 1 is 1.30 bits per heavy atom. The average molecular weight is 358 g/mol. The molecule has 1 N–H and O–H groups in total. The predicted octanol–water partition coefficient (Wildman–Crippen LogP) is 3.59. The Morgan fingerprint density at radius 2 is 1.90 bits per heavy atom. The highest BCUT2D eigenvalue weighted by atomic mass is 79.9. The van der Waals surface area contributed by atoms with Crippen molar-refractivity contribution in [2.24, 2.45) is 0 Å². The fourth-order valence-electron chi connectivity index (χ4n) is 1.97. The van der Waals surface area contributed by atoms with Crippen LogP contribution in [-0.4, -0.2) is 9.55 Å². The molecule has 20 heavy (non-hydrogen) atoms. The quantitative estimate of drug-likeness (QED) is 0.854. The third-order valence-corrected chi connectivity index (χ3v) is 4.06. The van der Waals surface area contributed by atoms with Gasteiger partial charge in [-0.3, -0.25) is 14.3 Å². The summed E-state index contributed by atoms with van der Waals surface area (Å²) < 4.78 is 2.12. The van der Waals surface area contributed by atoms with Gasteiger partial charge in [0.15, 0.2) is 0 Å². The van der Waals surface area contributed by atoms with Crippen molar-refractivity contribution in [1.29, 1.82) is 0 Å². The summed E-state index contributed by atoms with van der Waals surface area (Å²) in [5.41, 5.74) is 0.154. The van der Waals surface area contributed by atoms with E-state index < -0.39 is 5.69 Å². The second-order valence-corrected chi connectivity index (χ2v) is 5.85. The molecule has 1 heterocycles. The first kappa shape index (κ1) is 15.1. The fourth-order valence-corrected chi connectivity index (χ4v) is 2.51. The summed E-state index contributed by atoms with van der Waals surface area (Å²) in [7, 11) is 0. The van der Waals surface area contributed by atoms with Crippen LogP contribution in [0.4, 0.5) is 0 Å². The normalized spacial score (nSPS) is 12.4. The molecule has 1 aromatic carbocycles. The molecule has 2 rings (SSSR count). The molecule has 0 aliphatic carbocycles. The number of aromatic amines is 1. The molecule has 0 saturated carbocycles. The Hall–Kier alpha value is -1.33. The second kappa shape index (κ2) is 5.97. The van der Waals surface area contributed by atoms with Crippen LogP contribution in [0.25, 0.3) is 11.1 Å². The van der Waals surface area contributed by atoms with Crippen LogP contribution in [0.1, 0.15) is 26.3 Å². The first-order valence-corrected chi connectivity index (χ1v) is 7.43. The molecule has 0 amide bonds. The molecule has 1 unspecified atom stereocenters. The summed E-state index contributed by atoms with van der Waals surface area (Å²) in [4.78, 5) is 27.0. The monoisotopic (exact) mass is 356 g/mol. The molecule has 0 aliphatic heterocycles. The van der Waals surface area contributed by atoms with Crippen LogP contribution in [0.15, 0.2) is 38.3 Å². The molecule has 1 atom stereocenters. The Kier molecular flexibility index (Phi) is 4.50. The molecule has 2 aromatic rings. The van der Waals surface area contributed by atoms with Crippen molar-refractivity contribution in [1.82, 2.24) is 9.55 Å². The number of aromatic nitrogens is 2. The van der Waals surface area contributed by atoms with Gasteiger partial charge >= 0.3 is 5.69 Å². The van der Waals surface area contributed by atoms with Crippen molar-refractivity contribution in [3.8, 4) is 11.1 Å². The van der Waals surface area contributed by atoms with E-state index in [2.05, 4.69) is 20.9 Å². The Bertz CT molecular complexity index is 734. The molecular formula is C14H14BrClN2O2. The van der Waals surface area contributed by atoms with Crippen molar-refractivity contribution >= 4 is 27.5 Å². The number of hydrogen-bond donors (Lipinski definition) is 1. The zero-order valence-electron chi connectivity index (χ0n) is 11.1. The first-order chi connectivity index (χ1) is 9.45. The van der Waals surface area contributed by atoms with Gasteiger partial charge < -0.3 is 0 Å². The predicted molar refractivity (Wildman–Crippen MR) is 84.5 cm³/mol. The van der Waals surface area contributed by atoms with Gasteiger partial charge in [0.2, 0.25) is 0 Å². The van der Waals surface area contributed by atoms with Crippen molar-refractivity contribution < 1.29 is 0 Å². The van der Waals surface area contributed by atoms with Gasteiger partial charge in [0.25, 0.3) is 5.56 Å². The van der Waals surface area contributed by atoms with Gasteiger partial charge in [-0.25, -0.2) is 4.79 Å². The van der Waals surface area contributed by atoms with Gasteiger partial charge in [-0.2, -0.15) is 0 Å². The first-order valence-electron chi connectivity index (χ1n) is 6.26. The smallest absolute Gasteiger partial charge is 0.297 e. The molecule has 1 aromatic heterocycles. The zero-order chi connectivity index (χ0) is 14.9. The summed E-state index contributed by atoms with van der Waals surface area (Å²) in [5, 5.41) is 0.0712. The maximum atomic E-state index is 12.5. The summed E-state index contributed by atoms with van der Waals surface area (Å²) in [6.07, 6.45) is 0.685. The number of benzene rings is 1. The van der Waals surface area contributed by atoms with Gasteiger partial charge in [0.05, 0.1) is 5.56 Å². The highest BCUT2D eigenvalue weighted by molar-refractivity contribution is 9.10. The van der Waals surface area contributed by atoms with E-state index in [0.717, 1.165) is 4.47 Å². The van der Waals surface area contributed by atoms with Crippen molar-refractivity contribution in [2.75, 3.05) is 0 Å². The molecule has 0 fully saturated rings. The average Bonchev–Trinajstić information content (AvgIpc) is 2.40. The Morgan fingerprint density at radius 3 is 2.45 bits per heavy atom. The topological polar surface area (TPSA) is 54.9 Å². The van der Waals surface area contributed by atoms with E-state index >= 15 is 0 Å². The largest absolute Gasteiger partial charge is 0.329 e. The van der Waals surface area contributed by atoms with E-state index in [-0.39, 0.29) is 16.8 Å². The number of H-pyrrole nitrogens is 1. The molecule has 0 saturated heterocycles. The minimum Gasteiger partial charge on any atom is -0.297 e. The van der Waals surface area contributed by atoms with Gasteiger partial charge in [-0.05, 0) is 31.0 Å². The number of nitrogens with zero attached hydrogens (tertiary/aromatic N) is 1. The molecule has 4 nitrogen and oxygen atoms in total. The lowest BCUT2D eigenvalue weighted by molar-refractivity contribution is 0.491. The van der Waals surface area contributed by atoms with Gasteiger partial charge in [0, 0.05) is 10.5 Å². The van der Waals surface area contributed by atoms with E-state index in [1.807, 2.05) is 26.0 Å². The lowest BCUT2D eigenvalue weighted by Crippen LogP contribution is -2.38. The van der Waals surface area contributed by atoms with E-state index in [0.29, 0.717) is 17.5 Å². The van der Waals surface area contributed by atoms with Gasteiger partial charge in [-0.15, -0.1) is 0 Å². The number of hydrogen-bond acceptors (Lipinski definition) is 2. The summed E-state index contributed by atoms with van der Waals surface area (Å²) in [6, 6.07) is 7.03. The van der Waals surface area contributed by atoms with Gasteiger partial charge in [0.1, 0.15) is 5.15 Å². The van der Waals surface area contributed by atoms with Crippen LogP contribution in [0.2, 0.25) is 5.15 Å². The molecule has 0 radical (unpaired) electrons. The zero-order valence-corrected chi connectivity index (χ0v) is 13.5. The summed E-state index contributed by atoms with van der Waals surface area (Å²) >= 11 is 9.39. The van der Waals surface area contributed by atoms with Crippen LogP contribution in [0.5, 0.6) is 0 Å². The van der Waals surface area contributed by atoms with Crippen LogP contribution in [0.3, 0.4) is 0 Å². The lowest BCUT2D eigenvalue weighted by Gasteiger charge is -2.14. The highest BCUT2D eigenvalue weighted by Crippen LogP contribution is 2.23. The molecule has 6 heteroatoms. The van der Waals surface area contributed by atoms with Crippen LogP contribution >= 0.6 is 27.5 Å². The minimum absolute atomic E-state index is 0.0712. The third kappa shape index (κ3) is 2.74. The Balaban J connectivity index is 2.74. The minimum atomic E-state index is -0.477. The summed E-state index contributed by atoms with van der Waals surface area (Å²) in [6.45, 7) is 3.75. The standard InChI is InChI=1S/C14H14BrClN2O2/c1-3-8(2)18-13(19)11(12(16)17-14(18)20)9-4-6-10(15)7-5-9/h4-8H,3H2,1-2H3,(H,17,20). The van der Waals surface area contributed by atoms with Crippen LogP contribution in [-0.2, 0) is 0 Å². The van der Waals surface area contributed by atoms with E-state index in [1.165, 1.54) is 4.57 Å². The van der Waals surface area contributed by atoms with Crippen molar-refractivity contribution in [2.45, 2.75) is 26.3 Å². The Labute approximate surface area is 129 Å². The highest BCUT2D eigenvalue weighted by Gasteiger charge is 2.17. The lowest BCUT2D eigenvalue weighted by atomic mass is 10.1. The van der Waals surface area contributed by atoms with E-state index in [4.69, 9.17) is 11.6 Å². The number of rotatable bonds is 3. The number of halogens is 2. The maximum Gasteiger partial charge on any atom is 0.329 e. The van der Waals surface area contributed by atoms with Crippen LogP contribution in [0, 0.1) is 0 Å². The molecule has 0 bridgehead atoms. The molecule has 106 valence electrons. The van der Waals surface area contributed by atoms with Crippen molar-refractivity contribution in [3.05, 3.63) is 54.7 Å². The van der Waals surface area contributed by atoms with Crippen LogP contribution < -0.4 is 11.2 Å². The fraction of sp³-hybridized carbons (Fsp3) is 0.286. The van der Waals surface area contributed by atoms with E-state index in [1.54, 1.807) is 12.1 Å². The maximum absolute atomic E-state index is 12.5. The third-order valence-electron chi connectivity index (χ3n) is 3.25. The summed E-state index contributed by atoms with van der Waals surface area (Å²) in [5.74, 6) is 0. The number of nitrogens with one attached hydrogen (secondary N) is 1. The molecule has 0 aliphatic rings. The van der Waals surface area contributed by atoms with Gasteiger partial charge in [-0.1, -0.05) is 46.6 Å².